The lowest BCUT2D eigenvalue weighted by molar-refractivity contribution is -0.891. The Hall–Kier alpha value is -1.00. The number of hydrogen-bond donors (Lipinski definition) is 3. The number of carboxylic acids is 1. The first-order valence-electron chi connectivity index (χ1n) is 8.61. The van der Waals surface area contributed by atoms with Gasteiger partial charge in [0.05, 0.1) is 60.1 Å². The molecule has 0 radical (unpaired) electrons. The van der Waals surface area contributed by atoms with E-state index in [1.807, 2.05) is 28.1 Å². The van der Waals surface area contributed by atoms with Crippen LogP contribution in [0.15, 0.2) is 12.2 Å². The Labute approximate surface area is 159 Å². The molecule has 1 unspecified atom stereocenters. The van der Waals surface area contributed by atoms with Crippen molar-refractivity contribution in [3.63, 3.8) is 0 Å². The third-order valence-electron chi connectivity index (χ3n) is 3.30. The molecule has 0 aromatic carbocycles. The summed E-state index contributed by atoms with van der Waals surface area (Å²) in [6.07, 6.45) is 0.471. The zero-order chi connectivity index (χ0) is 21.2. The molecule has 0 amide bonds. The number of nitrogens with zero attached hydrogens (tertiary/aromatic N) is 2. The Bertz CT molecular complexity index is 539. The minimum atomic E-state index is -3.83. The second kappa shape index (κ2) is 11.7. The van der Waals surface area contributed by atoms with E-state index < -0.39 is 16.1 Å². The fourth-order valence-corrected chi connectivity index (χ4v) is 2.82. The summed E-state index contributed by atoms with van der Waals surface area (Å²) in [5.74, 6) is -0.917. The molecule has 0 saturated heterocycles. The third kappa shape index (κ3) is 23.0. The molecule has 0 aromatic rings. The van der Waals surface area contributed by atoms with Crippen LogP contribution in [-0.2, 0) is 14.9 Å². The quantitative estimate of drug-likeness (QED) is 0.269. The molecule has 26 heavy (non-hydrogen) atoms. The van der Waals surface area contributed by atoms with E-state index in [9.17, 15) is 13.2 Å². The fraction of sp³-hybridized carbons (Fsp3) is 0.824. The van der Waals surface area contributed by atoms with Gasteiger partial charge in [-0.05, 0) is 13.8 Å². The Morgan fingerprint density at radius 3 is 2.00 bits per heavy atom. The lowest BCUT2D eigenvalue weighted by Gasteiger charge is -2.32. The van der Waals surface area contributed by atoms with Crippen molar-refractivity contribution in [2.45, 2.75) is 26.3 Å². The molecule has 0 aliphatic heterocycles. The highest BCUT2D eigenvalue weighted by Crippen LogP contribution is 2.03. The number of carbonyl (C=O) groups is 1. The van der Waals surface area contributed by atoms with E-state index in [0.717, 1.165) is 29.7 Å². The van der Waals surface area contributed by atoms with Crippen LogP contribution in [0.1, 0.15) is 20.3 Å². The van der Waals surface area contributed by atoms with E-state index in [-0.39, 0.29) is 12.3 Å². The number of aliphatic carboxylic acids is 1. The van der Waals surface area contributed by atoms with Crippen molar-refractivity contribution in [3.05, 3.63) is 12.2 Å². The summed E-state index contributed by atoms with van der Waals surface area (Å²) in [4.78, 5) is 10.00. The van der Waals surface area contributed by atoms with Gasteiger partial charge in [0, 0.05) is 13.0 Å². The molecule has 0 aliphatic carbocycles. The molecule has 0 spiro atoms. The second-order valence-electron chi connectivity index (χ2n) is 8.56. The number of rotatable bonds is 11. The Morgan fingerprint density at radius 2 is 1.69 bits per heavy atom. The molecule has 0 heterocycles. The van der Waals surface area contributed by atoms with Crippen molar-refractivity contribution in [2.24, 2.45) is 0 Å². The number of likely N-dealkylation sites (N-methyl/N-ethyl adjacent to an activating group) is 2. The maximum atomic E-state index is 10.6. The third-order valence-corrected chi connectivity index (χ3v) is 4.10. The van der Waals surface area contributed by atoms with Crippen molar-refractivity contribution >= 4 is 16.1 Å². The van der Waals surface area contributed by atoms with E-state index in [0.29, 0.717) is 16.9 Å². The lowest BCUT2D eigenvalue weighted by atomic mass is 10.2. The molecule has 156 valence electrons. The summed E-state index contributed by atoms with van der Waals surface area (Å²) in [6.45, 7) is 10.5. The van der Waals surface area contributed by atoms with Crippen LogP contribution in [0.2, 0.25) is 0 Å². The molecule has 3 N–H and O–H groups in total. The largest absolute Gasteiger partial charge is 0.477 e. The predicted molar refractivity (Wildman–Crippen MR) is 106 cm³/mol. The molecule has 0 fully saturated rings. The minimum Gasteiger partial charge on any atom is -0.477 e. The van der Waals surface area contributed by atoms with Crippen LogP contribution >= 0.6 is 0 Å². The lowest BCUT2D eigenvalue weighted by Crippen LogP contribution is -2.49. The molecule has 8 nitrogen and oxygen atoms in total. The Balaban J connectivity index is 0. The molecule has 0 rings (SSSR count). The zero-order valence-corrected chi connectivity index (χ0v) is 18.3. The van der Waals surface area contributed by atoms with Gasteiger partial charge in [-0.25, -0.2) is 4.79 Å². The first-order valence-corrected chi connectivity index (χ1v) is 10.2. The van der Waals surface area contributed by atoms with Gasteiger partial charge in [-0.2, -0.15) is 8.42 Å². The smallest absolute Gasteiger partial charge is 0.359 e. The molecule has 9 heteroatoms. The van der Waals surface area contributed by atoms with E-state index in [4.69, 9.17) is 9.66 Å². The molecular weight excluding hydrogens is 358 g/mol. The standard InChI is InChI=1S/C12H26N2O3S.C5H11NO2/c1-11(2)9-13-12(3)10-14(4,5)7-6-8-18(15,16)17;1-6(2,3)4-5(7)8/h12-13H,1,6-10H2,2-5H3;4H2,1-3H3/p+2. The summed E-state index contributed by atoms with van der Waals surface area (Å²) in [6, 6.07) is 0.336. The first kappa shape index (κ1) is 27.2. The van der Waals surface area contributed by atoms with Crippen molar-refractivity contribution in [3.8, 4) is 0 Å². The minimum absolute atomic E-state index is 0.164. The summed E-state index contributed by atoms with van der Waals surface area (Å²) in [5, 5.41) is 11.6. The normalized spacial score (nSPS) is 13.5. The first-order chi connectivity index (χ1) is 11.4. The summed E-state index contributed by atoms with van der Waals surface area (Å²) in [7, 11) is 5.81. The maximum Gasteiger partial charge on any atom is 0.359 e. The molecular formula is C17H39N3O5S+2. The van der Waals surface area contributed by atoms with Gasteiger partial charge in [-0.15, -0.1) is 0 Å². The van der Waals surface area contributed by atoms with Gasteiger partial charge in [0.2, 0.25) is 0 Å². The highest BCUT2D eigenvalue weighted by atomic mass is 32.2. The maximum absolute atomic E-state index is 10.6. The Morgan fingerprint density at radius 1 is 1.19 bits per heavy atom. The molecule has 0 aliphatic rings. The number of nitrogens with one attached hydrogen (secondary N) is 1. The average molecular weight is 398 g/mol. The average Bonchev–Trinajstić information content (AvgIpc) is 2.31. The number of quaternary nitrogens is 2. The van der Waals surface area contributed by atoms with Crippen molar-refractivity contribution in [1.82, 2.24) is 5.32 Å². The number of hydrogen-bond acceptors (Lipinski definition) is 4. The van der Waals surface area contributed by atoms with Gasteiger partial charge in [0.1, 0.15) is 0 Å². The van der Waals surface area contributed by atoms with Crippen molar-refractivity contribution < 1.29 is 31.8 Å². The topological polar surface area (TPSA) is 104 Å². The van der Waals surface area contributed by atoms with Gasteiger partial charge in [-0.3, -0.25) is 4.55 Å². The molecule has 0 bridgehead atoms. The summed E-state index contributed by atoms with van der Waals surface area (Å²) < 4.78 is 31.2. The van der Waals surface area contributed by atoms with Crippen molar-refractivity contribution in [1.29, 1.82) is 0 Å². The second-order valence-corrected chi connectivity index (χ2v) is 10.1. The highest BCUT2D eigenvalue weighted by Gasteiger charge is 2.19. The monoisotopic (exact) mass is 397 g/mol. The predicted octanol–water partition coefficient (Wildman–Crippen LogP) is 0.672. The molecule has 1 atom stereocenters. The zero-order valence-electron chi connectivity index (χ0n) is 17.4. The van der Waals surface area contributed by atoms with Gasteiger partial charge in [0.15, 0.2) is 6.54 Å². The van der Waals surface area contributed by atoms with Crippen LogP contribution in [0.3, 0.4) is 0 Å². The van der Waals surface area contributed by atoms with Crippen LogP contribution in [0, 0.1) is 0 Å². The highest BCUT2D eigenvalue weighted by molar-refractivity contribution is 7.85. The molecule has 0 aromatic heterocycles. The van der Waals surface area contributed by atoms with Crippen LogP contribution in [0.25, 0.3) is 0 Å². The van der Waals surface area contributed by atoms with E-state index in [2.05, 4.69) is 32.9 Å². The van der Waals surface area contributed by atoms with Crippen molar-refractivity contribution in [2.75, 3.05) is 67.2 Å². The van der Waals surface area contributed by atoms with Crippen LogP contribution in [-0.4, -0.2) is 106 Å². The summed E-state index contributed by atoms with van der Waals surface area (Å²) >= 11 is 0. The van der Waals surface area contributed by atoms with E-state index in [1.165, 1.54) is 0 Å². The Kier molecular flexibility index (Phi) is 12.2. The van der Waals surface area contributed by atoms with Crippen LogP contribution in [0.5, 0.6) is 0 Å². The number of carboxylic acid groups (broad SMARTS) is 1. The van der Waals surface area contributed by atoms with E-state index in [1.54, 1.807) is 0 Å². The van der Waals surface area contributed by atoms with Gasteiger partial charge >= 0.3 is 5.97 Å². The summed E-state index contributed by atoms with van der Waals surface area (Å²) in [5.41, 5.74) is 1.10. The van der Waals surface area contributed by atoms with E-state index >= 15 is 0 Å². The fourth-order valence-electron chi connectivity index (χ4n) is 2.33. The van der Waals surface area contributed by atoms with Gasteiger partial charge in [0.25, 0.3) is 10.1 Å². The molecule has 0 saturated carbocycles. The van der Waals surface area contributed by atoms with Crippen LogP contribution < -0.4 is 5.32 Å². The van der Waals surface area contributed by atoms with Crippen LogP contribution in [0.4, 0.5) is 0 Å². The van der Waals surface area contributed by atoms with Gasteiger partial charge < -0.3 is 19.4 Å². The SMILES string of the molecule is C=C(C)CNC(C)C[N+](C)(C)CCCS(=O)(=O)O.C[N+](C)(C)CC(=O)O. The van der Waals surface area contributed by atoms with Gasteiger partial charge in [-0.1, -0.05) is 12.2 Å².